The quantitative estimate of drug-likeness (QED) is 0.744. The number of fused-ring (bicyclic) bond motifs is 1. The largest absolute Gasteiger partial charge is 0.464 e. The van der Waals surface area contributed by atoms with Crippen LogP contribution in [0.5, 0.6) is 6.01 Å². The van der Waals surface area contributed by atoms with Crippen molar-refractivity contribution in [3.63, 3.8) is 0 Å². The first-order valence-corrected chi connectivity index (χ1v) is 10.9. The maximum atomic E-state index is 14.3. The molecule has 174 valence electrons. The molecule has 0 radical (unpaired) electrons. The van der Waals surface area contributed by atoms with Crippen molar-refractivity contribution in [2.75, 3.05) is 32.1 Å². The predicted molar refractivity (Wildman–Crippen MR) is 117 cm³/mol. The van der Waals surface area contributed by atoms with Crippen LogP contribution in [-0.4, -0.2) is 79.7 Å². The number of aromatic amines is 1. The first-order valence-electron chi connectivity index (χ1n) is 10.9. The molecule has 1 fully saturated rings. The van der Waals surface area contributed by atoms with Gasteiger partial charge in [0.05, 0.1) is 30.6 Å². The molecule has 2 aromatic heterocycles. The molecule has 10 nitrogen and oxygen atoms in total. The van der Waals surface area contributed by atoms with E-state index in [0.29, 0.717) is 25.5 Å². The van der Waals surface area contributed by atoms with E-state index in [-0.39, 0.29) is 29.9 Å². The summed E-state index contributed by atoms with van der Waals surface area (Å²) in [5.41, 5.74) is 1.05. The molecule has 11 heteroatoms. The van der Waals surface area contributed by atoms with E-state index in [1.807, 2.05) is 23.6 Å². The summed E-state index contributed by atoms with van der Waals surface area (Å²) < 4.78 is 19.6. The van der Waals surface area contributed by atoms with Gasteiger partial charge in [-0.2, -0.15) is 10.1 Å². The molecule has 2 aliphatic heterocycles. The summed E-state index contributed by atoms with van der Waals surface area (Å²) >= 11 is 0. The zero-order valence-electron chi connectivity index (χ0n) is 19.4. The summed E-state index contributed by atoms with van der Waals surface area (Å²) in [7, 11) is 2.08. The van der Waals surface area contributed by atoms with Crippen molar-refractivity contribution in [2.24, 2.45) is 0 Å². The summed E-state index contributed by atoms with van der Waals surface area (Å²) in [4.78, 5) is 27.5. The molecule has 4 rings (SSSR count). The summed E-state index contributed by atoms with van der Waals surface area (Å²) in [5.74, 6) is -0.208. The van der Waals surface area contributed by atoms with E-state index in [4.69, 9.17) is 4.74 Å². The lowest BCUT2D eigenvalue weighted by molar-refractivity contribution is 0.0457. The first-order chi connectivity index (χ1) is 15.1. The average Bonchev–Trinajstić information content (AvgIpc) is 3.25. The van der Waals surface area contributed by atoms with Crippen molar-refractivity contribution < 1.29 is 13.9 Å². The standard InChI is InChI=1S/C21H31FN8O2/c1-7-32-19-23-8-15(22)18(25-19)24-17-14-11-30(21(4,5)16(14)26-27-17)20(31)29-10-12(2)28(6)9-13(29)3/h8,12-13H,7,9-11H2,1-6H3,(H2,23,24,25,26,27)/t12-,13+/m1/s1. The monoisotopic (exact) mass is 446 g/mol. The fraction of sp³-hybridized carbons (Fsp3) is 0.619. The van der Waals surface area contributed by atoms with Crippen LogP contribution in [0.2, 0.25) is 0 Å². The van der Waals surface area contributed by atoms with Crippen LogP contribution < -0.4 is 10.1 Å². The van der Waals surface area contributed by atoms with Crippen LogP contribution in [0.4, 0.5) is 20.8 Å². The van der Waals surface area contributed by atoms with Gasteiger partial charge in [-0.05, 0) is 41.7 Å². The minimum atomic E-state index is -0.615. The fourth-order valence-corrected chi connectivity index (χ4v) is 4.40. The predicted octanol–water partition coefficient (Wildman–Crippen LogP) is 2.68. The van der Waals surface area contributed by atoms with E-state index in [9.17, 15) is 9.18 Å². The van der Waals surface area contributed by atoms with Crippen molar-refractivity contribution >= 4 is 17.7 Å². The molecular weight excluding hydrogens is 415 g/mol. The summed E-state index contributed by atoms with van der Waals surface area (Å²) in [5, 5.41) is 10.3. The molecule has 0 unspecified atom stereocenters. The minimum absolute atomic E-state index is 0.00940. The molecule has 2 atom stereocenters. The number of piperazine rings is 1. The summed E-state index contributed by atoms with van der Waals surface area (Å²) in [6.07, 6.45) is 1.06. The van der Waals surface area contributed by atoms with Crippen LogP contribution in [0.3, 0.4) is 0 Å². The number of halogens is 1. The lowest BCUT2D eigenvalue weighted by Gasteiger charge is -2.45. The molecule has 1 saturated heterocycles. The van der Waals surface area contributed by atoms with Crippen LogP contribution in [0.15, 0.2) is 6.20 Å². The van der Waals surface area contributed by atoms with Crippen LogP contribution >= 0.6 is 0 Å². The van der Waals surface area contributed by atoms with Crippen molar-refractivity contribution in [1.82, 2.24) is 34.9 Å². The number of hydrogen-bond donors (Lipinski definition) is 2. The second-order valence-corrected chi connectivity index (χ2v) is 9.05. The zero-order chi connectivity index (χ0) is 23.2. The highest BCUT2D eigenvalue weighted by atomic mass is 19.1. The Balaban J connectivity index is 1.58. The lowest BCUT2D eigenvalue weighted by Crippen LogP contribution is -2.60. The van der Waals surface area contributed by atoms with Crippen LogP contribution in [0.25, 0.3) is 0 Å². The number of carbonyl (C=O) groups is 1. The van der Waals surface area contributed by atoms with Crippen molar-refractivity contribution in [2.45, 2.75) is 58.8 Å². The number of H-pyrrole nitrogens is 1. The number of urea groups is 1. The normalized spacial score (nSPS) is 22.7. The van der Waals surface area contributed by atoms with E-state index in [1.54, 1.807) is 6.92 Å². The van der Waals surface area contributed by atoms with Gasteiger partial charge in [-0.3, -0.25) is 10.00 Å². The van der Waals surface area contributed by atoms with Gasteiger partial charge in [-0.25, -0.2) is 14.2 Å². The van der Waals surface area contributed by atoms with Gasteiger partial charge >= 0.3 is 12.0 Å². The number of anilines is 2. The Morgan fingerprint density at radius 1 is 1.31 bits per heavy atom. The Kier molecular flexibility index (Phi) is 5.70. The van der Waals surface area contributed by atoms with E-state index in [2.05, 4.69) is 51.3 Å². The highest BCUT2D eigenvalue weighted by Crippen LogP contribution is 2.42. The molecule has 0 spiro atoms. The average molecular weight is 447 g/mol. The third-order valence-electron chi connectivity index (χ3n) is 6.48. The molecule has 2 aromatic rings. The number of ether oxygens (including phenoxy) is 1. The third-order valence-corrected chi connectivity index (χ3v) is 6.48. The minimum Gasteiger partial charge on any atom is -0.464 e. The Labute approximate surface area is 187 Å². The van der Waals surface area contributed by atoms with Crippen molar-refractivity contribution in [3.05, 3.63) is 23.3 Å². The van der Waals surface area contributed by atoms with Gasteiger partial charge in [-0.1, -0.05) is 0 Å². The molecule has 2 N–H and O–H groups in total. The van der Waals surface area contributed by atoms with Gasteiger partial charge in [0, 0.05) is 30.7 Å². The zero-order valence-corrected chi connectivity index (χ0v) is 19.4. The van der Waals surface area contributed by atoms with Crippen molar-refractivity contribution in [1.29, 1.82) is 0 Å². The number of rotatable bonds is 4. The van der Waals surface area contributed by atoms with Gasteiger partial charge in [0.2, 0.25) is 0 Å². The third kappa shape index (κ3) is 3.74. The molecule has 0 aromatic carbocycles. The van der Waals surface area contributed by atoms with Crippen LogP contribution in [-0.2, 0) is 12.1 Å². The number of hydrogen-bond acceptors (Lipinski definition) is 7. The molecule has 4 heterocycles. The molecule has 0 bridgehead atoms. The number of likely N-dealkylation sites (N-methyl/N-ethyl adjacent to an activating group) is 1. The second kappa shape index (κ2) is 8.19. The number of amides is 2. The number of nitrogens with one attached hydrogen (secondary N) is 2. The molecule has 2 aliphatic rings. The topological polar surface area (TPSA) is 103 Å². The van der Waals surface area contributed by atoms with Gasteiger partial charge in [0.15, 0.2) is 17.5 Å². The smallest absolute Gasteiger partial charge is 0.321 e. The van der Waals surface area contributed by atoms with Gasteiger partial charge in [0.25, 0.3) is 0 Å². The number of nitrogens with zero attached hydrogens (tertiary/aromatic N) is 6. The summed E-state index contributed by atoms with van der Waals surface area (Å²) in [6.45, 7) is 12.2. The van der Waals surface area contributed by atoms with E-state index in [1.165, 1.54) is 0 Å². The SMILES string of the molecule is CCOc1ncc(F)c(Nc2n[nH]c3c2CN(C(=O)N2C[C@@H](C)N(C)C[C@@H]2C)C3(C)C)n1. The highest BCUT2D eigenvalue weighted by Gasteiger charge is 2.46. The maximum absolute atomic E-state index is 14.3. The molecule has 0 aliphatic carbocycles. The van der Waals surface area contributed by atoms with Crippen LogP contribution in [0.1, 0.15) is 45.9 Å². The maximum Gasteiger partial charge on any atom is 0.321 e. The Bertz CT molecular complexity index is 1010. The van der Waals surface area contributed by atoms with E-state index in [0.717, 1.165) is 24.0 Å². The van der Waals surface area contributed by atoms with Gasteiger partial charge < -0.3 is 19.9 Å². The molecular formula is C21H31FN8O2. The Hall–Kier alpha value is -2.95. The molecule has 2 amide bonds. The van der Waals surface area contributed by atoms with Crippen LogP contribution in [0, 0.1) is 5.82 Å². The van der Waals surface area contributed by atoms with E-state index >= 15 is 0 Å². The fourth-order valence-electron chi connectivity index (χ4n) is 4.40. The second-order valence-electron chi connectivity index (χ2n) is 9.05. The highest BCUT2D eigenvalue weighted by molar-refractivity contribution is 5.78. The summed E-state index contributed by atoms with van der Waals surface area (Å²) in [6, 6.07) is 0.475. The van der Waals surface area contributed by atoms with Crippen molar-refractivity contribution in [3.8, 4) is 6.01 Å². The van der Waals surface area contributed by atoms with E-state index < -0.39 is 11.4 Å². The Morgan fingerprint density at radius 3 is 2.78 bits per heavy atom. The lowest BCUT2D eigenvalue weighted by atomic mass is 10.0. The van der Waals surface area contributed by atoms with Gasteiger partial charge in [-0.15, -0.1) is 0 Å². The number of carbonyl (C=O) groups excluding carboxylic acids is 1. The molecule has 0 saturated carbocycles. The Morgan fingerprint density at radius 2 is 2.06 bits per heavy atom. The number of aromatic nitrogens is 4. The molecule has 32 heavy (non-hydrogen) atoms. The first kappa shape index (κ1) is 22.3. The van der Waals surface area contributed by atoms with Gasteiger partial charge in [0.1, 0.15) is 0 Å².